The monoisotopic (exact) mass is 832 g/mol. The van der Waals surface area contributed by atoms with E-state index in [0.717, 1.165) is 33.6 Å². The molecule has 3 unspecified atom stereocenters. The van der Waals surface area contributed by atoms with Gasteiger partial charge in [-0.05, 0) is 60.9 Å². The van der Waals surface area contributed by atoms with Gasteiger partial charge in [0.1, 0.15) is 12.1 Å². The Bertz CT molecular complexity index is 2470. The molecule has 318 valence electrons. The predicted molar refractivity (Wildman–Crippen MR) is 220 cm³/mol. The molecule has 6 heterocycles. The number of nitrogens with zero attached hydrogens (tertiary/aromatic N) is 7. The van der Waals surface area contributed by atoms with Gasteiger partial charge in [-0.2, -0.15) is 10.1 Å². The van der Waals surface area contributed by atoms with Crippen molar-refractivity contribution in [1.82, 2.24) is 45.6 Å². The van der Waals surface area contributed by atoms with Crippen LogP contribution in [0.5, 0.6) is 5.75 Å². The summed E-state index contributed by atoms with van der Waals surface area (Å²) in [5.74, 6) is -1.07. The van der Waals surface area contributed by atoms with Gasteiger partial charge in [-0.1, -0.05) is 38.1 Å². The topological polar surface area (TPSA) is 215 Å². The number of ether oxygens (including phenoxy) is 2. The molecule has 61 heavy (non-hydrogen) atoms. The van der Waals surface area contributed by atoms with Crippen LogP contribution in [0, 0.1) is 12.8 Å². The van der Waals surface area contributed by atoms with Crippen LogP contribution in [0.3, 0.4) is 0 Å². The molecule has 2 aromatic carbocycles. The van der Waals surface area contributed by atoms with Gasteiger partial charge in [0.25, 0.3) is 23.5 Å². The number of hydrogen-bond donors (Lipinski definition) is 3. The third kappa shape index (κ3) is 9.08. The first kappa shape index (κ1) is 41.1. The van der Waals surface area contributed by atoms with E-state index in [4.69, 9.17) is 14.0 Å². The minimum atomic E-state index is -0.767. The van der Waals surface area contributed by atoms with Gasteiger partial charge in [0.05, 0.1) is 35.1 Å². The van der Waals surface area contributed by atoms with Crippen molar-refractivity contribution in [3.8, 4) is 17.0 Å². The average molecular weight is 833 g/mol. The number of carbonyl (C=O) groups excluding carboxylic acids is 5. The number of amides is 5. The number of aryl methyl sites for hydroxylation is 1. The Morgan fingerprint density at radius 3 is 2.48 bits per heavy atom. The third-order valence-electron chi connectivity index (χ3n) is 11.2. The summed E-state index contributed by atoms with van der Waals surface area (Å²) in [7, 11) is 0. The van der Waals surface area contributed by atoms with Crippen molar-refractivity contribution in [2.45, 2.75) is 71.1 Å². The van der Waals surface area contributed by atoms with Crippen molar-refractivity contribution in [3.63, 3.8) is 0 Å². The second-order valence-electron chi connectivity index (χ2n) is 16.5. The number of anilines is 1. The van der Waals surface area contributed by atoms with E-state index in [9.17, 15) is 24.0 Å². The van der Waals surface area contributed by atoms with Gasteiger partial charge in [-0.25, -0.2) is 9.50 Å². The summed E-state index contributed by atoms with van der Waals surface area (Å²) in [5, 5.41) is 16.4. The highest BCUT2D eigenvalue weighted by atomic mass is 16.5. The molecule has 18 nitrogen and oxygen atoms in total. The average Bonchev–Trinajstić information content (AvgIpc) is 4.04. The largest absolute Gasteiger partial charge is 0.481 e. The number of imide groups is 1. The zero-order valence-corrected chi connectivity index (χ0v) is 34.5. The molecule has 3 atom stereocenters. The Hall–Kier alpha value is -6.69. The molecular weight excluding hydrogens is 785 g/mol. The first-order chi connectivity index (χ1) is 29.3. The van der Waals surface area contributed by atoms with Crippen LogP contribution in [-0.2, 0) is 31.1 Å². The van der Waals surface area contributed by atoms with Crippen LogP contribution in [-0.4, -0.2) is 111 Å². The minimum absolute atomic E-state index is 0.00112. The summed E-state index contributed by atoms with van der Waals surface area (Å²) in [6.07, 6.45) is 3.36. The predicted octanol–water partition coefficient (Wildman–Crippen LogP) is 2.98. The lowest BCUT2D eigenvalue weighted by Crippen LogP contribution is -2.52. The molecule has 5 aromatic rings. The SMILES string of the molecule is Cc1cc(-c2ncnn3cc(N4CCN(C(=O)C5CCOC5CNC(=O)c5ccc(OC6CCC(=O)NC6=O)cc5)CC4)cc23)ccc1CNC(=O)c1noc(C(C)(C)C)n1. The van der Waals surface area contributed by atoms with Crippen LogP contribution in [0.15, 0.2) is 65.6 Å². The maximum absolute atomic E-state index is 13.8. The fraction of sp³-hybridized carbons (Fsp3) is 0.419. The van der Waals surface area contributed by atoms with E-state index in [1.54, 1.807) is 24.3 Å². The van der Waals surface area contributed by atoms with Crippen LogP contribution in [0.4, 0.5) is 5.69 Å². The summed E-state index contributed by atoms with van der Waals surface area (Å²) in [5.41, 5.74) is 5.45. The molecule has 8 rings (SSSR count). The fourth-order valence-electron chi connectivity index (χ4n) is 7.71. The fourth-order valence-corrected chi connectivity index (χ4v) is 7.71. The number of hydrogen-bond acceptors (Lipinski definition) is 13. The molecule has 3 aliphatic heterocycles. The first-order valence-corrected chi connectivity index (χ1v) is 20.4. The highest BCUT2D eigenvalue weighted by Crippen LogP contribution is 2.30. The van der Waals surface area contributed by atoms with E-state index < -0.39 is 24.0 Å². The van der Waals surface area contributed by atoms with Gasteiger partial charge in [-0.3, -0.25) is 29.3 Å². The Morgan fingerprint density at radius 2 is 1.75 bits per heavy atom. The summed E-state index contributed by atoms with van der Waals surface area (Å²) in [6, 6.07) is 14.5. The molecule has 0 spiro atoms. The number of rotatable bonds is 11. The smallest absolute Gasteiger partial charge is 0.292 e. The number of nitrogens with one attached hydrogen (secondary N) is 3. The van der Waals surface area contributed by atoms with Crippen molar-refractivity contribution in [2.24, 2.45) is 5.92 Å². The number of piperazine rings is 1. The van der Waals surface area contributed by atoms with E-state index in [2.05, 4.69) is 47.1 Å². The van der Waals surface area contributed by atoms with Crippen molar-refractivity contribution >= 4 is 40.7 Å². The molecule has 3 N–H and O–H groups in total. The van der Waals surface area contributed by atoms with Gasteiger partial charge >= 0.3 is 0 Å². The summed E-state index contributed by atoms with van der Waals surface area (Å²) >= 11 is 0. The number of carbonyl (C=O) groups is 5. The van der Waals surface area contributed by atoms with Crippen molar-refractivity contribution in [3.05, 3.63) is 89.5 Å². The molecule has 0 saturated carbocycles. The second kappa shape index (κ2) is 17.1. The molecule has 18 heteroatoms. The summed E-state index contributed by atoms with van der Waals surface area (Å²) < 4.78 is 18.7. The van der Waals surface area contributed by atoms with E-state index in [1.807, 2.05) is 61.5 Å². The third-order valence-corrected chi connectivity index (χ3v) is 11.2. The zero-order chi connectivity index (χ0) is 42.8. The van der Waals surface area contributed by atoms with Crippen molar-refractivity contribution in [1.29, 1.82) is 0 Å². The van der Waals surface area contributed by atoms with Crippen molar-refractivity contribution < 1.29 is 38.0 Å². The molecule has 0 aliphatic carbocycles. The summed E-state index contributed by atoms with van der Waals surface area (Å²) in [6.45, 7) is 11.0. The lowest BCUT2D eigenvalue weighted by atomic mass is 9.97. The van der Waals surface area contributed by atoms with Gasteiger partial charge in [0.2, 0.25) is 17.7 Å². The Labute approximate surface area is 351 Å². The molecule has 0 radical (unpaired) electrons. The number of benzene rings is 2. The Kier molecular flexibility index (Phi) is 11.5. The zero-order valence-electron chi connectivity index (χ0n) is 34.5. The second-order valence-corrected chi connectivity index (χ2v) is 16.5. The molecule has 3 aliphatic rings. The van der Waals surface area contributed by atoms with Crippen LogP contribution >= 0.6 is 0 Å². The first-order valence-electron chi connectivity index (χ1n) is 20.4. The van der Waals surface area contributed by atoms with Crippen LogP contribution in [0.2, 0.25) is 0 Å². The maximum Gasteiger partial charge on any atom is 0.292 e. The van der Waals surface area contributed by atoms with E-state index in [1.165, 1.54) is 6.33 Å². The molecule has 3 fully saturated rings. The molecule has 3 saturated heterocycles. The molecule has 3 aromatic heterocycles. The highest BCUT2D eigenvalue weighted by molar-refractivity contribution is 6.00. The minimum Gasteiger partial charge on any atom is -0.481 e. The van der Waals surface area contributed by atoms with Gasteiger partial charge in [0, 0.05) is 75.3 Å². The standard InChI is InChI=1S/C43H48N10O8/c1-25-19-27(5-6-28(25)21-44-40(57)37-49-42(61-50-37)43(2,3)4)36-32-20-29(23-53(32)47-24-46-36)51-14-16-52(17-15-51)41(58)31-13-18-59-34(31)22-45-38(55)26-7-9-30(10-8-26)60-33-11-12-35(54)48-39(33)56/h5-10,19-20,23-24,31,33-34H,11-18,21-22H2,1-4H3,(H,44,57)(H,45,55)(H,48,54,56). The van der Waals surface area contributed by atoms with E-state index in [0.29, 0.717) is 69.4 Å². The lowest BCUT2D eigenvalue weighted by molar-refractivity contribution is -0.139. The maximum atomic E-state index is 13.8. The van der Waals surface area contributed by atoms with Crippen LogP contribution in [0.25, 0.3) is 16.8 Å². The van der Waals surface area contributed by atoms with E-state index in [-0.39, 0.29) is 47.8 Å². The number of piperidine rings is 1. The van der Waals surface area contributed by atoms with Crippen LogP contribution < -0.4 is 25.6 Å². The Balaban J connectivity index is 0.833. The quantitative estimate of drug-likeness (QED) is 0.164. The summed E-state index contributed by atoms with van der Waals surface area (Å²) in [4.78, 5) is 75.9. The van der Waals surface area contributed by atoms with Crippen LogP contribution in [0.1, 0.15) is 78.0 Å². The van der Waals surface area contributed by atoms with E-state index >= 15 is 0 Å². The normalized spacial score (nSPS) is 19.5. The number of fused-ring (bicyclic) bond motifs is 1. The van der Waals surface area contributed by atoms with Gasteiger partial charge in [0.15, 0.2) is 6.10 Å². The highest BCUT2D eigenvalue weighted by Gasteiger charge is 2.38. The molecule has 5 amide bonds. The Morgan fingerprint density at radius 1 is 0.967 bits per heavy atom. The van der Waals surface area contributed by atoms with Crippen molar-refractivity contribution in [2.75, 3.05) is 44.2 Å². The number of aromatic nitrogens is 5. The molecular formula is C43H48N10O8. The van der Waals surface area contributed by atoms with Gasteiger partial charge < -0.3 is 34.4 Å². The lowest BCUT2D eigenvalue weighted by Gasteiger charge is -2.37. The van der Waals surface area contributed by atoms with Gasteiger partial charge in [-0.15, -0.1) is 0 Å². The molecule has 0 bridgehead atoms.